The van der Waals surface area contributed by atoms with Gasteiger partial charge >= 0.3 is 0 Å². The summed E-state index contributed by atoms with van der Waals surface area (Å²) in [6, 6.07) is 4.55. The molecule has 20 heavy (non-hydrogen) atoms. The molecular weight excluding hydrogens is 254 g/mol. The van der Waals surface area contributed by atoms with Crippen LogP contribution in [0.3, 0.4) is 0 Å². The SMILES string of the molecule is COC1=NC2(C)C(C)=C(C)C1(C#N)C1C=CC2(C#N)O1. The number of hydrogen-bond acceptors (Lipinski definition) is 5. The summed E-state index contributed by atoms with van der Waals surface area (Å²) in [5, 5.41) is 19.5. The fourth-order valence-electron chi connectivity index (χ4n) is 3.48. The molecule has 0 amide bonds. The van der Waals surface area contributed by atoms with E-state index in [2.05, 4.69) is 17.1 Å². The summed E-state index contributed by atoms with van der Waals surface area (Å²) < 4.78 is 11.4. The van der Waals surface area contributed by atoms with Gasteiger partial charge in [0, 0.05) is 0 Å². The topological polar surface area (TPSA) is 78.4 Å². The minimum absolute atomic E-state index is 0.331. The Balaban J connectivity index is 2.43. The van der Waals surface area contributed by atoms with Crippen molar-refractivity contribution in [1.29, 1.82) is 10.5 Å². The lowest BCUT2D eigenvalue weighted by Gasteiger charge is -2.41. The van der Waals surface area contributed by atoms with E-state index in [1.54, 1.807) is 12.2 Å². The lowest BCUT2D eigenvalue weighted by molar-refractivity contribution is -0.0244. The molecule has 0 spiro atoms. The Morgan fingerprint density at radius 2 is 2.00 bits per heavy atom. The minimum Gasteiger partial charge on any atom is -0.483 e. The van der Waals surface area contributed by atoms with Gasteiger partial charge in [-0.3, -0.25) is 0 Å². The molecule has 0 saturated heterocycles. The van der Waals surface area contributed by atoms with E-state index >= 15 is 0 Å². The van der Waals surface area contributed by atoms with E-state index < -0.39 is 22.7 Å². The van der Waals surface area contributed by atoms with Crippen molar-refractivity contribution in [3.05, 3.63) is 23.3 Å². The molecule has 4 unspecified atom stereocenters. The van der Waals surface area contributed by atoms with Crippen LogP contribution >= 0.6 is 0 Å². The number of dihydropyridines is 1. The molecular formula is C15H15N3O2. The van der Waals surface area contributed by atoms with E-state index in [9.17, 15) is 10.5 Å². The molecule has 4 aliphatic rings. The highest BCUT2D eigenvalue weighted by atomic mass is 16.5. The van der Waals surface area contributed by atoms with E-state index in [0.29, 0.717) is 5.90 Å². The van der Waals surface area contributed by atoms with E-state index in [-0.39, 0.29) is 0 Å². The van der Waals surface area contributed by atoms with Gasteiger partial charge in [0.1, 0.15) is 17.7 Å². The zero-order valence-electron chi connectivity index (χ0n) is 11.9. The third-order valence-corrected chi connectivity index (χ3v) is 5.05. The van der Waals surface area contributed by atoms with E-state index in [1.165, 1.54) is 7.11 Å². The zero-order valence-corrected chi connectivity index (χ0v) is 11.9. The van der Waals surface area contributed by atoms with Gasteiger partial charge in [0.15, 0.2) is 5.41 Å². The standard InChI is InChI=1S/C15H15N3O2/c1-9-10(2)15(8-17)11-5-6-14(7-16,20-11)13(9,3)18-12(15)19-4/h5-6,11H,1-4H3. The third kappa shape index (κ3) is 1.02. The van der Waals surface area contributed by atoms with Gasteiger partial charge in [-0.2, -0.15) is 10.5 Å². The predicted molar refractivity (Wildman–Crippen MR) is 71.6 cm³/mol. The van der Waals surface area contributed by atoms with Gasteiger partial charge in [0.05, 0.1) is 13.2 Å². The summed E-state index contributed by atoms with van der Waals surface area (Å²) in [5.41, 5.74) is -1.38. The molecule has 0 aliphatic carbocycles. The molecule has 0 saturated carbocycles. The van der Waals surface area contributed by atoms with Crippen molar-refractivity contribution < 1.29 is 9.47 Å². The molecule has 5 heteroatoms. The second-order valence-electron chi connectivity index (χ2n) is 5.61. The Morgan fingerprint density at radius 1 is 1.30 bits per heavy atom. The number of rotatable bonds is 0. The Labute approximate surface area is 117 Å². The van der Waals surface area contributed by atoms with E-state index in [0.717, 1.165) is 11.1 Å². The first-order valence-electron chi connectivity index (χ1n) is 6.44. The zero-order chi connectivity index (χ0) is 14.8. The molecule has 102 valence electrons. The fraction of sp³-hybridized carbons (Fsp3) is 0.533. The molecule has 0 aromatic rings. The number of methoxy groups -OCH3 is 1. The number of hydrogen-bond donors (Lipinski definition) is 0. The van der Waals surface area contributed by atoms with Crippen molar-refractivity contribution in [3.63, 3.8) is 0 Å². The van der Waals surface area contributed by atoms with Crippen molar-refractivity contribution in [1.82, 2.24) is 0 Å². The van der Waals surface area contributed by atoms with Crippen LogP contribution in [0.5, 0.6) is 0 Å². The highest BCUT2D eigenvalue weighted by molar-refractivity contribution is 5.93. The third-order valence-electron chi connectivity index (χ3n) is 5.05. The summed E-state index contributed by atoms with van der Waals surface area (Å²) in [4.78, 5) is 4.61. The van der Waals surface area contributed by atoms with Crippen LogP contribution in [0.2, 0.25) is 0 Å². The van der Waals surface area contributed by atoms with Crippen LogP contribution in [0.25, 0.3) is 0 Å². The number of nitrogens with zero attached hydrogens (tertiary/aromatic N) is 3. The molecule has 0 aromatic heterocycles. The number of nitriles is 2. The minimum atomic E-state index is -1.18. The maximum absolute atomic E-state index is 9.80. The first kappa shape index (κ1) is 12.9. The number of ether oxygens (including phenoxy) is 2. The molecule has 0 radical (unpaired) electrons. The summed E-state index contributed by atoms with van der Waals surface area (Å²) >= 11 is 0. The van der Waals surface area contributed by atoms with Gasteiger partial charge < -0.3 is 9.47 Å². The Bertz CT molecular complexity index is 678. The van der Waals surface area contributed by atoms with Crippen molar-refractivity contribution in [2.24, 2.45) is 10.4 Å². The Hall–Kier alpha value is -2.11. The number of aliphatic imine (C=N–C) groups is 1. The van der Waals surface area contributed by atoms with Crippen molar-refractivity contribution in [3.8, 4) is 12.1 Å². The molecule has 5 nitrogen and oxygen atoms in total. The monoisotopic (exact) mass is 269 g/mol. The largest absolute Gasteiger partial charge is 0.483 e. The van der Waals surface area contributed by atoms with Gasteiger partial charge in [0.2, 0.25) is 11.5 Å². The van der Waals surface area contributed by atoms with Crippen LogP contribution in [0, 0.1) is 28.1 Å². The highest BCUT2D eigenvalue weighted by Crippen LogP contribution is 2.56. The van der Waals surface area contributed by atoms with Gasteiger partial charge in [-0.15, -0.1) is 0 Å². The van der Waals surface area contributed by atoms with Gasteiger partial charge in [-0.25, -0.2) is 4.99 Å². The van der Waals surface area contributed by atoms with Crippen molar-refractivity contribution >= 4 is 5.90 Å². The average molecular weight is 269 g/mol. The van der Waals surface area contributed by atoms with Gasteiger partial charge in [0.25, 0.3) is 0 Å². The molecule has 4 heterocycles. The molecule has 4 atom stereocenters. The quantitative estimate of drug-likeness (QED) is 0.629. The second-order valence-corrected chi connectivity index (χ2v) is 5.61. The Kier molecular flexibility index (Phi) is 2.26. The maximum Gasteiger partial charge on any atom is 0.212 e. The summed E-state index contributed by atoms with van der Waals surface area (Å²) in [7, 11) is 1.50. The second kappa shape index (κ2) is 3.50. The molecule has 4 bridgehead atoms. The summed E-state index contributed by atoms with van der Waals surface area (Å²) in [6.07, 6.45) is 2.97. The van der Waals surface area contributed by atoms with E-state index in [4.69, 9.17) is 9.47 Å². The van der Waals surface area contributed by atoms with E-state index in [1.807, 2.05) is 20.8 Å². The van der Waals surface area contributed by atoms with Crippen LogP contribution in [0.1, 0.15) is 20.8 Å². The molecule has 0 fully saturated rings. The van der Waals surface area contributed by atoms with Crippen LogP contribution in [-0.4, -0.2) is 30.3 Å². The Morgan fingerprint density at radius 3 is 2.55 bits per heavy atom. The molecule has 4 rings (SSSR count). The van der Waals surface area contributed by atoms with Crippen LogP contribution in [0.15, 0.2) is 28.3 Å². The molecule has 0 N–H and O–H groups in total. The smallest absolute Gasteiger partial charge is 0.212 e. The first-order chi connectivity index (χ1) is 9.41. The van der Waals surface area contributed by atoms with Gasteiger partial charge in [-0.05, 0) is 38.0 Å². The normalized spacial score (nSPS) is 44.7. The summed E-state index contributed by atoms with van der Waals surface area (Å²) in [5.74, 6) is 0.331. The average Bonchev–Trinajstić information content (AvgIpc) is 2.86. The summed E-state index contributed by atoms with van der Waals surface area (Å²) in [6.45, 7) is 5.66. The van der Waals surface area contributed by atoms with Crippen molar-refractivity contribution in [2.45, 2.75) is 38.0 Å². The lowest BCUT2D eigenvalue weighted by Crippen LogP contribution is -2.51. The van der Waals surface area contributed by atoms with Crippen LogP contribution in [-0.2, 0) is 9.47 Å². The first-order valence-corrected chi connectivity index (χ1v) is 6.44. The molecule has 0 aromatic carbocycles. The highest BCUT2D eigenvalue weighted by Gasteiger charge is 2.67. The van der Waals surface area contributed by atoms with Crippen LogP contribution in [0.4, 0.5) is 0 Å². The van der Waals surface area contributed by atoms with Gasteiger partial charge in [-0.1, -0.05) is 6.08 Å². The fourth-order valence-corrected chi connectivity index (χ4v) is 3.48. The predicted octanol–water partition coefficient (Wildman–Crippen LogP) is 1.88. The lowest BCUT2D eigenvalue weighted by atomic mass is 9.66. The maximum atomic E-state index is 9.80. The molecule has 4 aliphatic heterocycles. The van der Waals surface area contributed by atoms with Crippen LogP contribution < -0.4 is 0 Å². The van der Waals surface area contributed by atoms with Crippen molar-refractivity contribution in [2.75, 3.05) is 7.11 Å².